The van der Waals surface area contributed by atoms with Crippen LogP contribution in [0.5, 0.6) is 0 Å². The van der Waals surface area contributed by atoms with Crippen molar-refractivity contribution in [1.82, 2.24) is 14.7 Å². The molecule has 0 radical (unpaired) electrons. The van der Waals surface area contributed by atoms with Gasteiger partial charge in [0.05, 0.1) is 5.54 Å². The van der Waals surface area contributed by atoms with Crippen molar-refractivity contribution < 1.29 is 22.7 Å². The summed E-state index contributed by atoms with van der Waals surface area (Å²) in [6, 6.07) is 6.30. The van der Waals surface area contributed by atoms with E-state index in [0.717, 1.165) is 62.2 Å². The van der Waals surface area contributed by atoms with E-state index in [1.54, 1.807) is 0 Å². The lowest BCUT2D eigenvalue weighted by Gasteiger charge is -2.52. The van der Waals surface area contributed by atoms with E-state index >= 15 is 0 Å². The van der Waals surface area contributed by atoms with Gasteiger partial charge in [-0.15, -0.1) is 0 Å². The third kappa shape index (κ3) is 5.55. The monoisotopic (exact) mass is 542 g/mol. The fourth-order valence-electron chi connectivity index (χ4n) is 6.76. The summed E-state index contributed by atoms with van der Waals surface area (Å²) in [6.45, 7) is 11.1. The van der Waals surface area contributed by atoms with E-state index in [2.05, 4.69) is 38.5 Å². The van der Waals surface area contributed by atoms with Crippen LogP contribution in [0.25, 0.3) is 0 Å². The molecule has 0 aliphatic carbocycles. The first-order valence-corrected chi connectivity index (χ1v) is 13.9. The largest absolute Gasteiger partial charge is 0.437 e. The van der Waals surface area contributed by atoms with Crippen LogP contribution in [0.1, 0.15) is 51.5 Å². The first kappa shape index (κ1) is 26.9. The van der Waals surface area contributed by atoms with Crippen molar-refractivity contribution in [2.24, 2.45) is 5.41 Å². The van der Waals surface area contributed by atoms with Crippen LogP contribution in [-0.2, 0) is 11.3 Å². The van der Waals surface area contributed by atoms with Crippen molar-refractivity contribution in [3.63, 3.8) is 0 Å². The Hall–Kier alpha value is -1.71. The molecule has 4 fully saturated rings. The zero-order chi connectivity index (χ0) is 26.4. The molecule has 0 aromatic heterocycles. The molecule has 0 bridgehead atoms. The molecule has 0 saturated carbocycles. The highest BCUT2D eigenvalue weighted by Gasteiger charge is 2.53. The summed E-state index contributed by atoms with van der Waals surface area (Å²) in [4.78, 5) is 21.0. The molecule has 1 aromatic rings. The number of amides is 1. The van der Waals surface area contributed by atoms with E-state index in [4.69, 9.17) is 11.6 Å². The summed E-state index contributed by atoms with van der Waals surface area (Å²) in [7, 11) is 0. The van der Waals surface area contributed by atoms with Crippen LogP contribution in [0.4, 0.5) is 23.7 Å². The molecule has 1 unspecified atom stereocenters. The Morgan fingerprint density at radius 2 is 1.76 bits per heavy atom. The van der Waals surface area contributed by atoms with E-state index in [-0.39, 0.29) is 5.54 Å². The molecular formula is C27H38ClF3N4O2. The quantitative estimate of drug-likeness (QED) is 0.499. The third-order valence-corrected chi connectivity index (χ3v) is 9.40. The molecule has 4 aliphatic heterocycles. The number of rotatable bonds is 5. The molecule has 2 spiro atoms. The average Bonchev–Trinajstić information content (AvgIpc) is 3.42. The minimum atomic E-state index is -4.55. The van der Waals surface area contributed by atoms with Crippen LogP contribution < -0.4 is 4.90 Å². The number of anilines is 1. The molecule has 1 aromatic carbocycles. The van der Waals surface area contributed by atoms with Gasteiger partial charge in [0.2, 0.25) is 0 Å². The first-order valence-electron chi connectivity index (χ1n) is 13.6. The van der Waals surface area contributed by atoms with Gasteiger partial charge in [-0.25, -0.2) is 4.79 Å². The minimum Gasteiger partial charge on any atom is -0.437 e. The van der Waals surface area contributed by atoms with Crippen molar-refractivity contribution in [2.45, 2.75) is 70.3 Å². The number of carbonyl (C=O) groups excluding carboxylic acids is 1. The zero-order valence-corrected chi connectivity index (χ0v) is 22.6. The summed E-state index contributed by atoms with van der Waals surface area (Å²) < 4.78 is 43.0. The highest BCUT2D eigenvalue weighted by atomic mass is 35.5. The SMILES string of the molecule is CCN1CCC2(CCN(c3cc(Cl)cc(CN4CCCC45CN(C(=O)OC(C)C(F)(F)F)C5)c3)CC2)C1. The molecule has 4 saturated heterocycles. The van der Waals surface area contributed by atoms with Crippen LogP contribution >= 0.6 is 11.6 Å². The summed E-state index contributed by atoms with van der Waals surface area (Å²) in [6.07, 6.45) is -1.92. The summed E-state index contributed by atoms with van der Waals surface area (Å²) >= 11 is 6.57. The van der Waals surface area contributed by atoms with Crippen LogP contribution in [-0.4, -0.2) is 91.0 Å². The van der Waals surface area contributed by atoms with Gasteiger partial charge in [-0.3, -0.25) is 4.90 Å². The van der Waals surface area contributed by atoms with Crippen molar-refractivity contribution >= 4 is 23.4 Å². The zero-order valence-electron chi connectivity index (χ0n) is 21.8. The Morgan fingerprint density at radius 1 is 1.05 bits per heavy atom. The average molecular weight is 543 g/mol. The topological polar surface area (TPSA) is 39.3 Å². The number of hydrogen-bond donors (Lipinski definition) is 0. The maximum absolute atomic E-state index is 12.8. The number of alkyl halides is 3. The van der Waals surface area contributed by atoms with Gasteiger partial charge in [0.1, 0.15) is 0 Å². The standard InChI is InChI=1S/C27H38ClF3N4O2/c1-3-32-10-6-25(17-32)7-11-33(12-8-25)23-14-21(13-22(28)15-23)16-35-9-4-5-26(35)18-34(19-26)24(36)37-20(2)27(29,30)31/h13-15,20H,3-12,16-19H2,1-2H3. The molecule has 1 amide bonds. The molecule has 37 heavy (non-hydrogen) atoms. The van der Waals surface area contributed by atoms with Gasteiger partial charge in [-0.05, 0) is 87.8 Å². The smallest absolute Gasteiger partial charge is 0.425 e. The van der Waals surface area contributed by atoms with Crippen LogP contribution in [0.2, 0.25) is 5.02 Å². The Labute approximate surface area is 222 Å². The second kappa shape index (κ2) is 10.1. The molecular weight excluding hydrogens is 505 g/mol. The van der Waals surface area contributed by atoms with Crippen molar-refractivity contribution in [3.8, 4) is 0 Å². The summed E-state index contributed by atoms with van der Waals surface area (Å²) in [5.74, 6) is 0. The predicted octanol–water partition coefficient (Wildman–Crippen LogP) is 5.39. The molecule has 206 valence electrons. The molecule has 4 aliphatic rings. The Kier molecular flexibility index (Phi) is 7.35. The second-order valence-electron chi connectivity index (χ2n) is 11.6. The number of nitrogens with zero attached hydrogens (tertiary/aromatic N) is 4. The van der Waals surface area contributed by atoms with Crippen LogP contribution in [0, 0.1) is 5.41 Å². The lowest BCUT2D eigenvalue weighted by Crippen LogP contribution is -2.69. The van der Waals surface area contributed by atoms with E-state index < -0.39 is 18.4 Å². The van der Waals surface area contributed by atoms with Gasteiger partial charge in [0.25, 0.3) is 0 Å². The number of halogens is 4. The highest BCUT2D eigenvalue weighted by Crippen LogP contribution is 2.42. The summed E-state index contributed by atoms with van der Waals surface area (Å²) in [5, 5.41) is 0.721. The number of ether oxygens (including phenoxy) is 1. The Balaban J connectivity index is 1.19. The van der Waals surface area contributed by atoms with Crippen LogP contribution in [0.15, 0.2) is 18.2 Å². The maximum atomic E-state index is 12.8. The molecule has 0 N–H and O–H groups in total. The van der Waals surface area contributed by atoms with Crippen molar-refractivity contribution in [3.05, 3.63) is 28.8 Å². The normalized spacial score (nSPS) is 24.6. The molecule has 6 nitrogen and oxygen atoms in total. The molecule has 10 heteroatoms. The number of likely N-dealkylation sites (tertiary alicyclic amines) is 3. The van der Waals surface area contributed by atoms with Gasteiger partial charge >= 0.3 is 12.3 Å². The minimum absolute atomic E-state index is 0.200. The van der Waals surface area contributed by atoms with Gasteiger partial charge in [-0.1, -0.05) is 18.5 Å². The second-order valence-corrected chi connectivity index (χ2v) is 12.0. The maximum Gasteiger partial charge on any atom is 0.425 e. The van der Waals surface area contributed by atoms with E-state index in [1.807, 2.05) is 6.07 Å². The lowest BCUT2D eigenvalue weighted by atomic mass is 9.77. The number of piperidine rings is 1. The number of carbonyl (C=O) groups is 1. The molecule has 1 atom stereocenters. The predicted molar refractivity (Wildman–Crippen MR) is 138 cm³/mol. The van der Waals surface area contributed by atoms with Gasteiger partial charge < -0.3 is 19.4 Å². The fraction of sp³-hybridized carbons (Fsp3) is 0.741. The fourth-order valence-corrected chi connectivity index (χ4v) is 7.01. The Morgan fingerprint density at radius 3 is 2.41 bits per heavy atom. The number of benzene rings is 1. The van der Waals surface area contributed by atoms with Gasteiger partial charge in [0.15, 0.2) is 6.10 Å². The van der Waals surface area contributed by atoms with E-state index in [0.29, 0.717) is 25.0 Å². The summed E-state index contributed by atoms with van der Waals surface area (Å²) in [5.41, 5.74) is 2.56. The molecule has 5 rings (SSSR count). The van der Waals surface area contributed by atoms with E-state index in [1.165, 1.54) is 37.3 Å². The highest BCUT2D eigenvalue weighted by molar-refractivity contribution is 6.30. The van der Waals surface area contributed by atoms with Crippen LogP contribution in [0.3, 0.4) is 0 Å². The third-order valence-electron chi connectivity index (χ3n) is 9.18. The van der Waals surface area contributed by atoms with Gasteiger partial charge in [0, 0.05) is 50.0 Å². The Bertz CT molecular complexity index is 992. The molecule has 4 heterocycles. The van der Waals surface area contributed by atoms with Gasteiger partial charge in [-0.2, -0.15) is 13.2 Å². The lowest BCUT2D eigenvalue weighted by molar-refractivity contribution is -0.202. The number of hydrogen-bond acceptors (Lipinski definition) is 5. The van der Waals surface area contributed by atoms with Crippen molar-refractivity contribution in [2.75, 3.05) is 57.3 Å². The first-order chi connectivity index (χ1) is 17.5. The van der Waals surface area contributed by atoms with E-state index in [9.17, 15) is 18.0 Å². The van der Waals surface area contributed by atoms with Crippen molar-refractivity contribution in [1.29, 1.82) is 0 Å².